The van der Waals surface area contributed by atoms with Gasteiger partial charge in [0.1, 0.15) is 5.82 Å². The molecule has 0 aliphatic carbocycles. The van der Waals surface area contributed by atoms with Crippen molar-refractivity contribution in [3.05, 3.63) is 53.7 Å². The van der Waals surface area contributed by atoms with E-state index in [0.29, 0.717) is 38.4 Å². The molecule has 0 saturated carbocycles. The standard InChI is InChI=1S/C22H28N4O4/c1-3-30-21(27)17-9-10-20(23-15-17)25-11-6-12-26(14-13-25)22(28)24-19-8-5-4-7-18(19)16-29-2/h4-5,7-10,15H,3,6,11-14,16H2,1-2H3,(H,24,28). The number of urea groups is 1. The quantitative estimate of drug-likeness (QED) is 0.734. The number of aromatic nitrogens is 1. The van der Waals surface area contributed by atoms with Crippen molar-refractivity contribution < 1.29 is 19.1 Å². The lowest BCUT2D eigenvalue weighted by Crippen LogP contribution is -2.38. The third-order valence-corrected chi connectivity index (χ3v) is 4.92. The summed E-state index contributed by atoms with van der Waals surface area (Å²) >= 11 is 0. The topological polar surface area (TPSA) is 84.0 Å². The number of anilines is 2. The van der Waals surface area contributed by atoms with Gasteiger partial charge < -0.3 is 24.6 Å². The number of hydrogen-bond donors (Lipinski definition) is 1. The van der Waals surface area contributed by atoms with Gasteiger partial charge in [0.15, 0.2) is 0 Å². The average molecular weight is 412 g/mol. The molecule has 1 aromatic heterocycles. The Labute approximate surface area is 176 Å². The number of para-hydroxylation sites is 1. The maximum atomic E-state index is 12.8. The van der Waals surface area contributed by atoms with Crippen LogP contribution in [0.25, 0.3) is 0 Å². The maximum Gasteiger partial charge on any atom is 0.339 e. The first-order valence-electron chi connectivity index (χ1n) is 10.1. The van der Waals surface area contributed by atoms with Gasteiger partial charge in [-0.15, -0.1) is 0 Å². The van der Waals surface area contributed by atoms with Crippen LogP contribution in [-0.2, 0) is 16.1 Å². The maximum absolute atomic E-state index is 12.8. The minimum Gasteiger partial charge on any atom is -0.462 e. The highest BCUT2D eigenvalue weighted by atomic mass is 16.5. The van der Waals surface area contributed by atoms with Crippen LogP contribution in [0.4, 0.5) is 16.3 Å². The van der Waals surface area contributed by atoms with Crippen LogP contribution in [0.3, 0.4) is 0 Å². The van der Waals surface area contributed by atoms with Crippen molar-refractivity contribution in [3.8, 4) is 0 Å². The summed E-state index contributed by atoms with van der Waals surface area (Å²) in [6.45, 7) is 5.25. The number of nitrogens with one attached hydrogen (secondary N) is 1. The van der Waals surface area contributed by atoms with Crippen LogP contribution in [0.2, 0.25) is 0 Å². The Balaban J connectivity index is 1.59. The summed E-state index contributed by atoms with van der Waals surface area (Å²) in [5.74, 6) is 0.416. The number of amides is 2. The molecule has 0 radical (unpaired) electrons. The molecule has 1 aromatic carbocycles. The summed E-state index contributed by atoms with van der Waals surface area (Å²) in [6, 6.07) is 11.1. The van der Waals surface area contributed by atoms with E-state index in [1.54, 1.807) is 20.1 Å². The number of carbonyl (C=O) groups excluding carboxylic acids is 2. The molecule has 0 atom stereocenters. The molecule has 2 aromatic rings. The molecule has 2 amide bonds. The normalized spacial score (nSPS) is 14.2. The van der Waals surface area contributed by atoms with E-state index in [4.69, 9.17) is 9.47 Å². The number of benzene rings is 1. The number of ether oxygens (including phenoxy) is 2. The van der Waals surface area contributed by atoms with Gasteiger partial charge in [0.05, 0.1) is 18.8 Å². The van der Waals surface area contributed by atoms with Crippen molar-refractivity contribution in [3.63, 3.8) is 0 Å². The van der Waals surface area contributed by atoms with Crippen LogP contribution in [0.5, 0.6) is 0 Å². The summed E-state index contributed by atoms with van der Waals surface area (Å²) < 4.78 is 10.2. The molecule has 0 unspecified atom stereocenters. The molecule has 2 heterocycles. The van der Waals surface area contributed by atoms with E-state index in [1.165, 1.54) is 6.20 Å². The number of methoxy groups -OCH3 is 1. The molecular formula is C22H28N4O4. The van der Waals surface area contributed by atoms with Crippen molar-refractivity contribution >= 4 is 23.5 Å². The van der Waals surface area contributed by atoms with Crippen LogP contribution >= 0.6 is 0 Å². The predicted octanol–water partition coefficient (Wildman–Crippen LogP) is 3.15. The van der Waals surface area contributed by atoms with Crippen LogP contribution in [0.1, 0.15) is 29.3 Å². The fraction of sp³-hybridized carbons (Fsp3) is 0.409. The zero-order chi connectivity index (χ0) is 21.3. The van der Waals surface area contributed by atoms with Gasteiger partial charge in [-0.3, -0.25) is 0 Å². The van der Waals surface area contributed by atoms with Gasteiger partial charge in [-0.2, -0.15) is 0 Å². The van der Waals surface area contributed by atoms with Gasteiger partial charge in [0, 0.05) is 50.7 Å². The predicted molar refractivity (Wildman–Crippen MR) is 115 cm³/mol. The largest absolute Gasteiger partial charge is 0.462 e. The summed E-state index contributed by atoms with van der Waals surface area (Å²) in [7, 11) is 1.63. The minimum absolute atomic E-state index is 0.119. The number of nitrogens with zero attached hydrogens (tertiary/aromatic N) is 3. The average Bonchev–Trinajstić information content (AvgIpc) is 3.02. The molecule has 1 aliphatic rings. The minimum atomic E-state index is -0.371. The SMILES string of the molecule is CCOC(=O)c1ccc(N2CCCN(C(=O)Nc3ccccc3COC)CC2)nc1. The Kier molecular flexibility index (Phi) is 7.62. The van der Waals surface area contributed by atoms with Crippen molar-refractivity contribution in [1.82, 2.24) is 9.88 Å². The van der Waals surface area contributed by atoms with Gasteiger partial charge in [-0.05, 0) is 31.5 Å². The molecule has 8 nitrogen and oxygen atoms in total. The van der Waals surface area contributed by atoms with Crippen molar-refractivity contribution in [2.45, 2.75) is 20.0 Å². The third-order valence-electron chi connectivity index (χ3n) is 4.92. The Morgan fingerprint density at radius 1 is 1.10 bits per heavy atom. The second-order valence-electron chi connectivity index (χ2n) is 6.97. The van der Waals surface area contributed by atoms with E-state index in [1.807, 2.05) is 35.2 Å². The van der Waals surface area contributed by atoms with Gasteiger partial charge in [0.25, 0.3) is 0 Å². The van der Waals surface area contributed by atoms with Crippen molar-refractivity contribution in [2.24, 2.45) is 0 Å². The van der Waals surface area contributed by atoms with Crippen LogP contribution in [-0.4, -0.2) is 61.8 Å². The van der Waals surface area contributed by atoms with Gasteiger partial charge in [-0.1, -0.05) is 18.2 Å². The summed E-state index contributed by atoms with van der Waals surface area (Å²) in [5, 5.41) is 3.00. The molecule has 160 valence electrons. The molecule has 8 heteroatoms. The fourth-order valence-electron chi connectivity index (χ4n) is 3.38. The highest BCUT2D eigenvalue weighted by Crippen LogP contribution is 2.18. The molecule has 0 bridgehead atoms. The second kappa shape index (κ2) is 10.6. The lowest BCUT2D eigenvalue weighted by atomic mass is 10.2. The molecule has 1 saturated heterocycles. The van der Waals surface area contributed by atoms with Gasteiger partial charge in [0.2, 0.25) is 0 Å². The fourth-order valence-corrected chi connectivity index (χ4v) is 3.38. The first-order valence-corrected chi connectivity index (χ1v) is 10.1. The van der Waals surface area contributed by atoms with Crippen LogP contribution < -0.4 is 10.2 Å². The monoisotopic (exact) mass is 412 g/mol. The molecule has 3 rings (SSSR count). The zero-order valence-electron chi connectivity index (χ0n) is 17.5. The Morgan fingerprint density at radius 2 is 1.93 bits per heavy atom. The second-order valence-corrected chi connectivity index (χ2v) is 6.97. The first kappa shape index (κ1) is 21.6. The molecule has 30 heavy (non-hydrogen) atoms. The Bertz CT molecular complexity index is 856. The molecule has 1 aliphatic heterocycles. The van der Waals surface area contributed by atoms with Crippen molar-refractivity contribution in [2.75, 3.05) is 50.1 Å². The van der Waals surface area contributed by atoms with E-state index < -0.39 is 0 Å². The molecule has 1 fully saturated rings. The van der Waals surface area contributed by atoms with E-state index in [0.717, 1.165) is 30.0 Å². The summed E-state index contributed by atoms with van der Waals surface area (Å²) in [6.07, 6.45) is 2.36. The van der Waals surface area contributed by atoms with Crippen LogP contribution in [0, 0.1) is 0 Å². The summed E-state index contributed by atoms with van der Waals surface area (Å²) in [5.41, 5.74) is 2.14. The highest BCUT2D eigenvalue weighted by molar-refractivity contribution is 5.90. The molecule has 0 spiro atoms. The Hall–Kier alpha value is -3.13. The van der Waals surface area contributed by atoms with Crippen LogP contribution in [0.15, 0.2) is 42.6 Å². The van der Waals surface area contributed by atoms with Gasteiger partial charge >= 0.3 is 12.0 Å². The Morgan fingerprint density at radius 3 is 2.67 bits per heavy atom. The number of carbonyl (C=O) groups is 2. The van der Waals surface area contributed by atoms with E-state index in [-0.39, 0.29) is 12.0 Å². The van der Waals surface area contributed by atoms with E-state index >= 15 is 0 Å². The smallest absolute Gasteiger partial charge is 0.339 e. The number of hydrogen-bond acceptors (Lipinski definition) is 6. The van der Waals surface area contributed by atoms with Gasteiger partial charge in [-0.25, -0.2) is 14.6 Å². The number of rotatable bonds is 6. The highest BCUT2D eigenvalue weighted by Gasteiger charge is 2.21. The van der Waals surface area contributed by atoms with E-state index in [9.17, 15) is 9.59 Å². The lowest BCUT2D eigenvalue weighted by molar-refractivity contribution is 0.0526. The van der Waals surface area contributed by atoms with E-state index in [2.05, 4.69) is 15.2 Å². The number of pyridine rings is 1. The zero-order valence-corrected chi connectivity index (χ0v) is 17.5. The molecular weight excluding hydrogens is 384 g/mol. The first-order chi connectivity index (χ1) is 14.6. The summed E-state index contributed by atoms with van der Waals surface area (Å²) in [4.78, 5) is 32.9. The number of esters is 1. The molecule has 1 N–H and O–H groups in total. The van der Waals surface area contributed by atoms with Crippen molar-refractivity contribution in [1.29, 1.82) is 0 Å². The lowest BCUT2D eigenvalue weighted by Gasteiger charge is -2.23. The third kappa shape index (κ3) is 5.48.